The van der Waals surface area contributed by atoms with Gasteiger partial charge in [0, 0.05) is 17.6 Å². The van der Waals surface area contributed by atoms with Gasteiger partial charge in [-0.2, -0.15) is 0 Å². The molecule has 0 spiro atoms. The van der Waals surface area contributed by atoms with Crippen molar-refractivity contribution in [1.29, 1.82) is 0 Å². The van der Waals surface area contributed by atoms with Crippen molar-refractivity contribution in [3.05, 3.63) is 29.6 Å². The molecule has 2 rings (SSSR count). The molecular weight excluding hydrogens is 299 g/mol. The maximum atomic E-state index is 13.6. The number of thiocarbonyl (C=S) groups is 1. The van der Waals surface area contributed by atoms with E-state index in [9.17, 15) is 9.18 Å². The molecule has 1 atom stereocenters. The minimum Gasteiger partial charge on any atom is -0.464 e. The van der Waals surface area contributed by atoms with E-state index in [2.05, 4.69) is 10.6 Å². The summed E-state index contributed by atoms with van der Waals surface area (Å²) in [6.45, 7) is 2.07. The van der Waals surface area contributed by atoms with Crippen molar-refractivity contribution in [1.82, 2.24) is 10.6 Å². The number of nitrogens with one attached hydrogen (secondary N) is 2. The average molecular weight is 314 g/mol. The molecule has 0 bridgehead atoms. The zero-order valence-electron chi connectivity index (χ0n) is 10.9. The lowest BCUT2D eigenvalue weighted by Gasteiger charge is -2.16. The molecule has 0 radical (unpaired) electrons. The van der Waals surface area contributed by atoms with Crippen LogP contribution in [0, 0.1) is 5.82 Å². The van der Waals surface area contributed by atoms with Crippen LogP contribution >= 0.6 is 24.0 Å². The summed E-state index contributed by atoms with van der Waals surface area (Å²) in [5.41, 5.74) is 0.930. The standard InChI is InChI=1S/C13H15FN2O2S2/c1-8(17)18-6-5-15-13(19)16-11-7-20-12-9(11)3-2-4-10(12)14/h2-4,11H,5-7H2,1H3,(H2,15,16,19). The molecule has 1 aliphatic rings. The third kappa shape index (κ3) is 3.83. The number of fused-ring (bicyclic) bond motifs is 1. The number of carbonyl (C=O) groups excluding carboxylic acids is 1. The van der Waals surface area contributed by atoms with E-state index in [0.717, 1.165) is 11.3 Å². The lowest BCUT2D eigenvalue weighted by molar-refractivity contribution is -0.140. The molecule has 20 heavy (non-hydrogen) atoms. The van der Waals surface area contributed by atoms with Crippen molar-refractivity contribution in [2.45, 2.75) is 17.9 Å². The van der Waals surface area contributed by atoms with Crippen LogP contribution in [0.4, 0.5) is 4.39 Å². The number of benzene rings is 1. The third-order valence-corrected chi connectivity index (χ3v) is 4.25. The number of carbonyl (C=O) groups is 1. The van der Waals surface area contributed by atoms with Crippen LogP contribution in [0.15, 0.2) is 23.1 Å². The molecule has 4 nitrogen and oxygen atoms in total. The molecule has 1 aliphatic heterocycles. The highest BCUT2D eigenvalue weighted by Crippen LogP contribution is 2.39. The molecule has 0 aromatic heterocycles. The van der Waals surface area contributed by atoms with Crippen molar-refractivity contribution in [2.75, 3.05) is 18.9 Å². The van der Waals surface area contributed by atoms with Crippen molar-refractivity contribution >= 4 is 35.1 Å². The number of hydrogen-bond donors (Lipinski definition) is 2. The van der Waals surface area contributed by atoms with Gasteiger partial charge in [-0.05, 0) is 23.8 Å². The Kier molecular flexibility index (Phi) is 5.19. The van der Waals surface area contributed by atoms with Crippen LogP contribution in [0.2, 0.25) is 0 Å². The Balaban J connectivity index is 1.82. The number of rotatable bonds is 4. The smallest absolute Gasteiger partial charge is 0.302 e. The summed E-state index contributed by atoms with van der Waals surface area (Å²) in [5.74, 6) is 0.231. The van der Waals surface area contributed by atoms with Crippen LogP contribution in [0.5, 0.6) is 0 Å². The first-order valence-electron chi connectivity index (χ1n) is 6.17. The van der Waals surface area contributed by atoms with E-state index in [0.29, 0.717) is 16.6 Å². The Morgan fingerprint density at radius 1 is 1.60 bits per heavy atom. The third-order valence-electron chi connectivity index (χ3n) is 2.77. The predicted molar refractivity (Wildman–Crippen MR) is 80.2 cm³/mol. The van der Waals surface area contributed by atoms with Crippen molar-refractivity contribution in [3.8, 4) is 0 Å². The first-order valence-corrected chi connectivity index (χ1v) is 7.56. The van der Waals surface area contributed by atoms with E-state index in [1.54, 1.807) is 6.07 Å². The minimum atomic E-state index is -0.317. The van der Waals surface area contributed by atoms with Gasteiger partial charge in [0.2, 0.25) is 0 Å². The van der Waals surface area contributed by atoms with Gasteiger partial charge in [-0.25, -0.2) is 4.39 Å². The van der Waals surface area contributed by atoms with E-state index < -0.39 is 0 Å². The number of thioether (sulfide) groups is 1. The van der Waals surface area contributed by atoms with E-state index in [-0.39, 0.29) is 24.4 Å². The Labute approximate surface area is 126 Å². The lowest BCUT2D eigenvalue weighted by atomic mass is 10.1. The molecule has 0 saturated carbocycles. The summed E-state index contributed by atoms with van der Waals surface area (Å²) in [6, 6.07) is 5.06. The second-order valence-electron chi connectivity index (χ2n) is 4.26. The largest absolute Gasteiger partial charge is 0.464 e. The van der Waals surface area contributed by atoms with Gasteiger partial charge in [0.1, 0.15) is 12.4 Å². The van der Waals surface area contributed by atoms with Gasteiger partial charge in [-0.3, -0.25) is 4.79 Å². The van der Waals surface area contributed by atoms with Crippen LogP contribution in [0.1, 0.15) is 18.5 Å². The Hall–Kier alpha value is -1.34. The molecule has 1 heterocycles. The molecule has 1 aromatic carbocycles. The fourth-order valence-corrected chi connectivity index (χ4v) is 3.32. The Bertz CT molecular complexity index is 525. The molecule has 0 fully saturated rings. The molecule has 0 aliphatic carbocycles. The quantitative estimate of drug-likeness (QED) is 0.504. The fraction of sp³-hybridized carbons (Fsp3) is 0.385. The molecule has 0 saturated heterocycles. The van der Waals surface area contributed by atoms with Gasteiger partial charge in [-0.1, -0.05) is 12.1 Å². The first kappa shape index (κ1) is 15.1. The van der Waals surface area contributed by atoms with Gasteiger partial charge in [0.25, 0.3) is 0 Å². The van der Waals surface area contributed by atoms with Crippen LogP contribution < -0.4 is 10.6 Å². The van der Waals surface area contributed by atoms with E-state index in [1.165, 1.54) is 24.8 Å². The molecule has 108 valence electrons. The van der Waals surface area contributed by atoms with Crippen molar-refractivity contribution in [2.24, 2.45) is 0 Å². The summed E-state index contributed by atoms with van der Waals surface area (Å²) in [7, 11) is 0. The number of ether oxygens (including phenoxy) is 1. The molecule has 1 aromatic rings. The van der Waals surface area contributed by atoms with E-state index >= 15 is 0 Å². The SMILES string of the molecule is CC(=O)OCCNC(=S)NC1CSc2c(F)cccc21. The van der Waals surface area contributed by atoms with E-state index in [1.807, 2.05) is 6.07 Å². The average Bonchev–Trinajstić information content (AvgIpc) is 2.79. The van der Waals surface area contributed by atoms with Crippen LogP contribution in [0.3, 0.4) is 0 Å². The summed E-state index contributed by atoms with van der Waals surface area (Å²) in [6.07, 6.45) is 0. The molecule has 2 N–H and O–H groups in total. The van der Waals surface area contributed by atoms with Gasteiger partial charge >= 0.3 is 5.97 Å². The predicted octanol–water partition coefficient (Wildman–Crippen LogP) is 2.00. The maximum absolute atomic E-state index is 13.6. The topological polar surface area (TPSA) is 50.4 Å². The Morgan fingerprint density at radius 3 is 3.15 bits per heavy atom. The number of halogens is 1. The summed E-state index contributed by atoms with van der Waals surface area (Å²) < 4.78 is 18.4. The maximum Gasteiger partial charge on any atom is 0.302 e. The van der Waals surface area contributed by atoms with Crippen LogP contribution in [0.25, 0.3) is 0 Å². The molecule has 0 amide bonds. The highest BCUT2D eigenvalue weighted by atomic mass is 32.2. The molecule has 7 heteroatoms. The lowest BCUT2D eigenvalue weighted by Crippen LogP contribution is -2.39. The second kappa shape index (κ2) is 6.90. The monoisotopic (exact) mass is 314 g/mol. The van der Waals surface area contributed by atoms with Gasteiger partial charge in [0.05, 0.1) is 12.6 Å². The number of esters is 1. The van der Waals surface area contributed by atoms with Crippen molar-refractivity contribution in [3.63, 3.8) is 0 Å². The molecule has 1 unspecified atom stereocenters. The summed E-state index contributed by atoms with van der Waals surface area (Å²) in [4.78, 5) is 11.3. The highest BCUT2D eigenvalue weighted by molar-refractivity contribution is 7.99. The van der Waals surface area contributed by atoms with Crippen molar-refractivity contribution < 1.29 is 13.9 Å². The number of hydrogen-bond acceptors (Lipinski definition) is 4. The summed E-state index contributed by atoms with van der Waals surface area (Å²) in [5, 5.41) is 6.57. The normalized spacial score (nSPS) is 16.4. The molecular formula is C13H15FN2O2S2. The van der Waals surface area contributed by atoms with Crippen LogP contribution in [-0.2, 0) is 9.53 Å². The van der Waals surface area contributed by atoms with Gasteiger partial charge < -0.3 is 15.4 Å². The Morgan fingerprint density at radius 2 is 2.40 bits per heavy atom. The van der Waals surface area contributed by atoms with Gasteiger partial charge in [-0.15, -0.1) is 11.8 Å². The summed E-state index contributed by atoms with van der Waals surface area (Å²) >= 11 is 6.65. The van der Waals surface area contributed by atoms with E-state index in [4.69, 9.17) is 17.0 Å². The zero-order valence-corrected chi connectivity index (χ0v) is 12.6. The second-order valence-corrected chi connectivity index (χ2v) is 5.70. The van der Waals surface area contributed by atoms with Gasteiger partial charge in [0.15, 0.2) is 5.11 Å². The minimum absolute atomic E-state index is 0.000532. The highest BCUT2D eigenvalue weighted by Gasteiger charge is 2.25. The van der Waals surface area contributed by atoms with Crippen LogP contribution in [-0.4, -0.2) is 30.0 Å². The first-order chi connectivity index (χ1) is 9.58. The zero-order chi connectivity index (χ0) is 14.5. The fourth-order valence-electron chi connectivity index (χ4n) is 1.90.